The van der Waals surface area contributed by atoms with Gasteiger partial charge in [-0.3, -0.25) is 4.79 Å². The van der Waals surface area contributed by atoms with Crippen LogP contribution in [0.5, 0.6) is 0 Å². The molecule has 2 atom stereocenters. The highest BCUT2D eigenvalue weighted by molar-refractivity contribution is 5.89. The number of carbonyl (C=O) groups is 2. The van der Waals surface area contributed by atoms with Gasteiger partial charge in [-0.05, 0) is 43.7 Å². The molecule has 2 fully saturated rings. The Morgan fingerprint density at radius 2 is 2.00 bits per heavy atom. The summed E-state index contributed by atoms with van der Waals surface area (Å²) in [5, 5.41) is 8.73. The minimum Gasteiger partial charge on any atom is -0.340 e. The number of carbonyl (C=O) groups excluding carboxylic acids is 2. The number of hydrogen-bond donors (Lipinski definition) is 3. The van der Waals surface area contributed by atoms with Crippen molar-refractivity contribution < 1.29 is 14.0 Å². The van der Waals surface area contributed by atoms with Gasteiger partial charge in [0.15, 0.2) is 0 Å². The van der Waals surface area contributed by atoms with Crippen molar-refractivity contribution in [3.8, 4) is 0 Å². The second kappa shape index (κ2) is 6.95. The molecule has 0 radical (unpaired) electrons. The smallest absolute Gasteiger partial charge is 0.319 e. The van der Waals surface area contributed by atoms with Crippen LogP contribution in [-0.4, -0.2) is 49.1 Å². The van der Waals surface area contributed by atoms with Crippen LogP contribution in [0, 0.1) is 11.7 Å². The molecule has 3 amide bonds. The summed E-state index contributed by atoms with van der Waals surface area (Å²) in [5.41, 5.74) is 0.534. The average molecular weight is 320 g/mol. The molecule has 2 aliphatic heterocycles. The van der Waals surface area contributed by atoms with Gasteiger partial charge in [-0.25, -0.2) is 9.18 Å². The lowest BCUT2D eigenvalue weighted by molar-refractivity contribution is -0.133. The Bertz CT molecular complexity index is 572. The van der Waals surface area contributed by atoms with Crippen LogP contribution in [0.3, 0.4) is 0 Å². The van der Waals surface area contributed by atoms with Crippen LogP contribution in [0.15, 0.2) is 24.3 Å². The second-order valence-electron chi connectivity index (χ2n) is 6.06. The summed E-state index contributed by atoms with van der Waals surface area (Å²) in [6.07, 6.45) is 1.64. The number of amides is 3. The molecule has 0 aliphatic carbocycles. The fourth-order valence-electron chi connectivity index (χ4n) is 3.09. The Morgan fingerprint density at radius 1 is 1.22 bits per heavy atom. The first-order valence-corrected chi connectivity index (χ1v) is 7.94. The lowest BCUT2D eigenvalue weighted by Crippen LogP contribution is -2.42. The third-order valence-corrected chi connectivity index (χ3v) is 4.35. The first kappa shape index (κ1) is 15.7. The highest BCUT2D eigenvalue weighted by Crippen LogP contribution is 2.17. The standard InChI is InChI=1S/C16H21FN4O2/c17-12-1-3-13(4-2-12)19-16(23)20-14-6-8-21(10-14)15(22)11-5-7-18-9-11/h1-4,11,14,18H,5-10H2,(H2,19,20,23). The molecule has 3 rings (SSSR count). The van der Waals surface area contributed by atoms with Crippen LogP contribution in [-0.2, 0) is 4.79 Å². The molecule has 7 heteroatoms. The van der Waals surface area contributed by atoms with Crippen molar-refractivity contribution in [1.82, 2.24) is 15.5 Å². The monoisotopic (exact) mass is 320 g/mol. The van der Waals surface area contributed by atoms with Crippen molar-refractivity contribution in [2.24, 2.45) is 5.92 Å². The minimum atomic E-state index is -0.345. The number of urea groups is 1. The number of hydrogen-bond acceptors (Lipinski definition) is 3. The van der Waals surface area contributed by atoms with E-state index in [1.807, 2.05) is 4.90 Å². The normalized spacial score (nSPS) is 23.8. The maximum Gasteiger partial charge on any atom is 0.319 e. The SMILES string of the molecule is O=C(Nc1ccc(F)cc1)NC1CCN(C(=O)C2CCNC2)C1. The molecule has 0 saturated carbocycles. The number of benzene rings is 1. The summed E-state index contributed by atoms with van der Waals surface area (Å²) in [7, 11) is 0. The van der Waals surface area contributed by atoms with Crippen LogP contribution >= 0.6 is 0 Å². The number of anilines is 1. The van der Waals surface area contributed by atoms with Crippen molar-refractivity contribution in [1.29, 1.82) is 0 Å². The van der Waals surface area contributed by atoms with Crippen molar-refractivity contribution in [2.75, 3.05) is 31.5 Å². The Hall–Kier alpha value is -2.15. The first-order valence-electron chi connectivity index (χ1n) is 7.94. The number of rotatable bonds is 3. The lowest BCUT2D eigenvalue weighted by atomic mass is 10.1. The summed E-state index contributed by atoms with van der Waals surface area (Å²) in [5.74, 6) is -0.0951. The van der Waals surface area contributed by atoms with Gasteiger partial charge in [0.1, 0.15) is 5.82 Å². The van der Waals surface area contributed by atoms with Crippen LogP contribution in [0.4, 0.5) is 14.9 Å². The van der Waals surface area contributed by atoms with Crippen molar-refractivity contribution in [3.63, 3.8) is 0 Å². The minimum absolute atomic E-state index is 0.0474. The summed E-state index contributed by atoms with van der Waals surface area (Å²) in [6, 6.07) is 5.22. The largest absolute Gasteiger partial charge is 0.340 e. The third kappa shape index (κ3) is 3.98. The average Bonchev–Trinajstić information content (AvgIpc) is 3.20. The van der Waals surface area contributed by atoms with Crippen molar-refractivity contribution in [2.45, 2.75) is 18.9 Å². The van der Waals surface area contributed by atoms with E-state index in [1.54, 1.807) is 0 Å². The fourth-order valence-corrected chi connectivity index (χ4v) is 3.09. The Kier molecular flexibility index (Phi) is 4.76. The Balaban J connectivity index is 1.46. The van der Waals surface area contributed by atoms with E-state index < -0.39 is 0 Å². The topological polar surface area (TPSA) is 73.5 Å². The fraction of sp³-hybridized carbons (Fsp3) is 0.500. The van der Waals surface area contributed by atoms with E-state index in [1.165, 1.54) is 24.3 Å². The quantitative estimate of drug-likeness (QED) is 0.782. The Morgan fingerprint density at radius 3 is 2.70 bits per heavy atom. The van der Waals surface area contributed by atoms with E-state index in [0.29, 0.717) is 18.8 Å². The van der Waals surface area contributed by atoms with Gasteiger partial charge in [0.25, 0.3) is 0 Å². The predicted octanol–water partition coefficient (Wildman–Crippen LogP) is 1.16. The molecule has 0 spiro atoms. The number of nitrogens with zero attached hydrogens (tertiary/aromatic N) is 1. The van der Waals surface area contributed by atoms with Crippen LogP contribution in [0.2, 0.25) is 0 Å². The summed E-state index contributed by atoms with van der Waals surface area (Å²) >= 11 is 0. The molecule has 2 aliphatic rings. The van der Waals surface area contributed by atoms with Crippen LogP contribution < -0.4 is 16.0 Å². The van der Waals surface area contributed by atoms with Crippen LogP contribution in [0.1, 0.15) is 12.8 Å². The molecule has 1 aromatic rings. The van der Waals surface area contributed by atoms with Crippen LogP contribution in [0.25, 0.3) is 0 Å². The molecule has 1 aromatic carbocycles. The van der Waals surface area contributed by atoms with E-state index in [0.717, 1.165) is 25.9 Å². The van der Waals surface area contributed by atoms with Gasteiger partial charge in [-0.1, -0.05) is 0 Å². The van der Waals surface area contributed by atoms with Gasteiger partial charge >= 0.3 is 6.03 Å². The highest BCUT2D eigenvalue weighted by atomic mass is 19.1. The summed E-state index contributed by atoms with van der Waals surface area (Å²) < 4.78 is 12.8. The second-order valence-corrected chi connectivity index (χ2v) is 6.06. The van der Waals surface area contributed by atoms with Crippen molar-refractivity contribution in [3.05, 3.63) is 30.1 Å². The molecule has 124 valence electrons. The number of nitrogens with one attached hydrogen (secondary N) is 3. The van der Waals surface area contributed by atoms with E-state index in [9.17, 15) is 14.0 Å². The molecule has 0 aromatic heterocycles. The first-order chi connectivity index (χ1) is 11.1. The van der Waals surface area contributed by atoms with Gasteiger partial charge < -0.3 is 20.9 Å². The maximum atomic E-state index is 12.8. The summed E-state index contributed by atoms with van der Waals surface area (Å²) in [4.78, 5) is 26.1. The number of halogens is 1. The lowest BCUT2D eigenvalue weighted by Gasteiger charge is -2.20. The third-order valence-electron chi connectivity index (χ3n) is 4.35. The van der Waals surface area contributed by atoms with Gasteiger partial charge in [-0.15, -0.1) is 0 Å². The molecule has 23 heavy (non-hydrogen) atoms. The highest BCUT2D eigenvalue weighted by Gasteiger charge is 2.32. The molecule has 0 bridgehead atoms. The molecular formula is C16H21FN4O2. The zero-order valence-electron chi connectivity index (χ0n) is 12.8. The van der Waals surface area contributed by atoms with E-state index >= 15 is 0 Å². The molecule has 2 unspecified atom stereocenters. The zero-order valence-corrected chi connectivity index (χ0v) is 12.8. The summed E-state index contributed by atoms with van der Waals surface area (Å²) in [6.45, 7) is 2.87. The molecule has 2 heterocycles. The van der Waals surface area contributed by atoms with Gasteiger partial charge in [0.2, 0.25) is 5.91 Å². The van der Waals surface area contributed by atoms with E-state index in [-0.39, 0.29) is 29.7 Å². The molecule has 6 nitrogen and oxygen atoms in total. The van der Waals surface area contributed by atoms with Crippen molar-refractivity contribution >= 4 is 17.6 Å². The molecule has 3 N–H and O–H groups in total. The zero-order chi connectivity index (χ0) is 16.2. The molecule has 2 saturated heterocycles. The number of likely N-dealkylation sites (tertiary alicyclic amines) is 1. The van der Waals surface area contributed by atoms with Gasteiger partial charge in [0, 0.05) is 31.4 Å². The predicted molar refractivity (Wildman–Crippen MR) is 84.5 cm³/mol. The van der Waals surface area contributed by atoms with Gasteiger partial charge in [-0.2, -0.15) is 0 Å². The van der Waals surface area contributed by atoms with E-state index in [2.05, 4.69) is 16.0 Å². The Labute approximate surface area is 134 Å². The van der Waals surface area contributed by atoms with E-state index in [4.69, 9.17) is 0 Å². The maximum absolute atomic E-state index is 12.8. The van der Waals surface area contributed by atoms with Gasteiger partial charge in [0.05, 0.1) is 5.92 Å². The molecular weight excluding hydrogens is 299 g/mol.